The van der Waals surface area contributed by atoms with E-state index in [-0.39, 0.29) is 0 Å². The minimum atomic E-state index is 0.679. The second-order valence-electron chi connectivity index (χ2n) is 5.54. The predicted octanol–water partition coefficient (Wildman–Crippen LogP) is 5.81. The van der Waals surface area contributed by atoms with E-state index in [4.69, 9.17) is 16.7 Å². The Bertz CT molecular complexity index is 1040. The highest BCUT2D eigenvalue weighted by Crippen LogP contribution is 2.31. The first-order chi connectivity index (χ1) is 11.6. The van der Waals surface area contributed by atoms with Crippen LogP contribution in [-0.2, 0) is 0 Å². The van der Waals surface area contributed by atoms with Gasteiger partial charge in [0.1, 0.15) is 0 Å². The molecule has 0 fully saturated rings. The molecule has 5 heteroatoms. The van der Waals surface area contributed by atoms with E-state index >= 15 is 0 Å². The Morgan fingerprint density at radius 2 is 1.83 bits per heavy atom. The summed E-state index contributed by atoms with van der Waals surface area (Å²) in [6.07, 6.45) is 1.82. The third-order valence-corrected chi connectivity index (χ3v) is 4.72. The van der Waals surface area contributed by atoms with Crippen molar-refractivity contribution in [3.63, 3.8) is 0 Å². The Morgan fingerprint density at radius 3 is 2.58 bits per heavy atom. The van der Waals surface area contributed by atoms with E-state index in [1.54, 1.807) is 0 Å². The summed E-state index contributed by atoms with van der Waals surface area (Å²) in [6.45, 7) is 2.01. The fourth-order valence-corrected chi connectivity index (χ4v) is 3.32. The number of aryl methyl sites for hydroxylation is 1. The van der Waals surface area contributed by atoms with Gasteiger partial charge in [0, 0.05) is 15.7 Å². The summed E-state index contributed by atoms with van der Waals surface area (Å²) in [5.41, 5.74) is 4.94. The molecule has 0 saturated carbocycles. The van der Waals surface area contributed by atoms with Crippen molar-refractivity contribution < 1.29 is 0 Å². The maximum Gasteiger partial charge on any atom is 0.163 e. The number of hydrogen-bond acceptors (Lipinski definition) is 2. The van der Waals surface area contributed by atoms with Crippen molar-refractivity contribution >= 4 is 38.6 Å². The standard InChI is InChI=1S/C19H13BrClN3/c1-12-18-17(13-5-7-14(20)8-6-13)9-10-22-19(18)24(23-12)16-4-2-3-15(21)11-16/h2-11H,1H3. The van der Waals surface area contributed by atoms with Crippen molar-refractivity contribution in [2.75, 3.05) is 0 Å². The number of nitrogens with zero attached hydrogens (tertiary/aromatic N) is 3. The van der Waals surface area contributed by atoms with E-state index < -0.39 is 0 Å². The number of hydrogen-bond donors (Lipinski definition) is 0. The molecule has 2 heterocycles. The van der Waals surface area contributed by atoms with Gasteiger partial charge in [0.15, 0.2) is 5.65 Å². The summed E-state index contributed by atoms with van der Waals surface area (Å²) in [6, 6.07) is 17.9. The Morgan fingerprint density at radius 1 is 1.04 bits per heavy atom. The van der Waals surface area contributed by atoms with E-state index in [9.17, 15) is 0 Å². The first kappa shape index (κ1) is 15.4. The first-order valence-corrected chi connectivity index (χ1v) is 8.67. The molecule has 0 aliphatic heterocycles. The third kappa shape index (κ3) is 2.62. The highest BCUT2D eigenvalue weighted by atomic mass is 79.9. The lowest BCUT2D eigenvalue weighted by Gasteiger charge is -2.06. The highest BCUT2D eigenvalue weighted by Gasteiger charge is 2.15. The number of benzene rings is 2. The zero-order chi connectivity index (χ0) is 16.7. The molecule has 0 saturated heterocycles. The van der Waals surface area contributed by atoms with Crippen molar-refractivity contribution in [2.24, 2.45) is 0 Å². The normalized spacial score (nSPS) is 11.1. The van der Waals surface area contributed by atoms with Gasteiger partial charge in [-0.3, -0.25) is 0 Å². The molecule has 0 bridgehead atoms. The smallest absolute Gasteiger partial charge is 0.163 e. The van der Waals surface area contributed by atoms with Crippen LogP contribution in [0.5, 0.6) is 0 Å². The molecule has 118 valence electrons. The molecule has 3 nitrogen and oxygen atoms in total. The van der Waals surface area contributed by atoms with Gasteiger partial charge >= 0.3 is 0 Å². The zero-order valence-corrected chi connectivity index (χ0v) is 15.2. The number of halogens is 2. The summed E-state index contributed by atoms with van der Waals surface area (Å²) < 4.78 is 2.90. The molecule has 0 unspecified atom stereocenters. The highest BCUT2D eigenvalue weighted by molar-refractivity contribution is 9.10. The monoisotopic (exact) mass is 397 g/mol. The quantitative estimate of drug-likeness (QED) is 0.426. The van der Waals surface area contributed by atoms with Crippen molar-refractivity contribution in [3.05, 3.63) is 76.0 Å². The van der Waals surface area contributed by atoms with E-state index in [1.165, 1.54) is 0 Å². The molecule has 0 N–H and O–H groups in total. The van der Waals surface area contributed by atoms with E-state index in [0.29, 0.717) is 5.02 Å². The lowest BCUT2D eigenvalue weighted by molar-refractivity contribution is 0.878. The third-order valence-electron chi connectivity index (χ3n) is 3.95. The number of aromatic nitrogens is 3. The predicted molar refractivity (Wildman–Crippen MR) is 102 cm³/mol. The van der Waals surface area contributed by atoms with E-state index in [2.05, 4.69) is 33.0 Å². The van der Waals surface area contributed by atoms with Crippen molar-refractivity contribution in [1.29, 1.82) is 0 Å². The van der Waals surface area contributed by atoms with Crippen molar-refractivity contribution in [1.82, 2.24) is 14.8 Å². The van der Waals surface area contributed by atoms with Crippen molar-refractivity contribution in [3.8, 4) is 16.8 Å². The summed E-state index contributed by atoms with van der Waals surface area (Å²) in [4.78, 5) is 4.56. The van der Waals surface area contributed by atoms with Gasteiger partial charge in [-0.15, -0.1) is 0 Å². The van der Waals surface area contributed by atoms with Gasteiger partial charge in [0.25, 0.3) is 0 Å². The van der Waals surface area contributed by atoms with Crippen LogP contribution in [0, 0.1) is 6.92 Å². The Hall–Kier alpha value is -2.17. The van der Waals surface area contributed by atoms with Gasteiger partial charge in [-0.05, 0) is 54.4 Å². The maximum absolute atomic E-state index is 6.13. The molecule has 0 spiro atoms. The Balaban J connectivity index is 1.98. The molecule has 0 radical (unpaired) electrons. The van der Waals surface area contributed by atoms with Crippen LogP contribution in [0.2, 0.25) is 5.02 Å². The summed E-state index contributed by atoms with van der Waals surface area (Å²) in [5, 5.41) is 6.43. The molecule has 4 aromatic rings. The van der Waals surface area contributed by atoms with Crippen molar-refractivity contribution in [2.45, 2.75) is 6.92 Å². The maximum atomic E-state index is 6.13. The van der Waals surface area contributed by atoms with Crippen LogP contribution in [-0.4, -0.2) is 14.8 Å². The second-order valence-corrected chi connectivity index (χ2v) is 6.89. The topological polar surface area (TPSA) is 30.7 Å². The van der Waals surface area contributed by atoms with Gasteiger partial charge < -0.3 is 0 Å². The Labute approximate surface area is 153 Å². The van der Waals surface area contributed by atoms with Crippen LogP contribution in [0.1, 0.15) is 5.69 Å². The minimum absolute atomic E-state index is 0.679. The van der Waals surface area contributed by atoms with Crippen LogP contribution in [0.4, 0.5) is 0 Å². The van der Waals surface area contributed by atoms with Crippen LogP contribution in [0.3, 0.4) is 0 Å². The van der Waals surface area contributed by atoms with Gasteiger partial charge in [0.05, 0.1) is 16.8 Å². The fourth-order valence-electron chi connectivity index (χ4n) is 2.87. The average Bonchev–Trinajstić information content (AvgIpc) is 2.93. The van der Waals surface area contributed by atoms with Crippen LogP contribution >= 0.6 is 27.5 Å². The summed E-state index contributed by atoms with van der Waals surface area (Å²) in [7, 11) is 0. The zero-order valence-electron chi connectivity index (χ0n) is 12.9. The fraction of sp³-hybridized carbons (Fsp3) is 0.0526. The number of pyridine rings is 1. The van der Waals surface area contributed by atoms with E-state index in [1.807, 2.05) is 60.3 Å². The Kier molecular flexibility index (Phi) is 3.87. The molecule has 0 aliphatic carbocycles. The molecule has 0 atom stereocenters. The summed E-state index contributed by atoms with van der Waals surface area (Å²) >= 11 is 9.61. The lowest BCUT2D eigenvalue weighted by atomic mass is 10.0. The minimum Gasteiger partial charge on any atom is -0.236 e. The number of fused-ring (bicyclic) bond motifs is 1. The average molecular weight is 399 g/mol. The molecule has 2 aromatic carbocycles. The van der Waals surface area contributed by atoms with Gasteiger partial charge in [0.2, 0.25) is 0 Å². The van der Waals surface area contributed by atoms with Gasteiger partial charge in [-0.25, -0.2) is 9.67 Å². The molecular weight excluding hydrogens is 386 g/mol. The van der Waals surface area contributed by atoms with Gasteiger partial charge in [-0.2, -0.15) is 5.10 Å². The molecule has 0 amide bonds. The largest absolute Gasteiger partial charge is 0.236 e. The van der Waals surface area contributed by atoms with Crippen LogP contribution < -0.4 is 0 Å². The molecule has 0 aliphatic rings. The lowest BCUT2D eigenvalue weighted by Crippen LogP contribution is -1.97. The first-order valence-electron chi connectivity index (χ1n) is 7.50. The molecule has 4 rings (SSSR count). The molecular formula is C19H13BrClN3. The number of rotatable bonds is 2. The van der Waals surface area contributed by atoms with Gasteiger partial charge in [-0.1, -0.05) is 45.7 Å². The molecule has 24 heavy (non-hydrogen) atoms. The van der Waals surface area contributed by atoms with E-state index in [0.717, 1.165) is 38.0 Å². The SMILES string of the molecule is Cc1nn(-c2cccc(Cl)c2)c2nccc(-c3ccc(Br)cc3)c12. The molecule has 2 aromatic heterocycles. The second kappa shape index (κ2) is 6.04. The van der Waals surface area contributed by atoms with Crippen LogP contribution in [0.15, 0.2) is 65.3 Å². The van der Waals surface area contributed by atoms with Crippen LogP contribution in [0.25, 0.3) is 27.8 Å². The summed E-state index contributed by atoms with van der Waals surface area (Å²) in [5.74, 6) is 0.